The van der Waals surface area contributed by atoms with Crippen LogP contribution in [0.25, 0.3) is 27.9 Å². The van der Waals surface area contributed by atoms with Crippen LogP contribution in [0.15, 0.2) is 48.7 Å². The van der Waals surface area contributed by atoms with Crippen molar-refractivity contribution >= 4 is 22.5 Å². The zero-order valence-electron chi connectivity index (χ0n) is 14.6. The van der Waals surface area contributed by atoms with Crippen LogP contribution >= 0.6 is 0 Å². The molecule has 7 nitrogen and oxygen atoms in total. The predicted molar refractivity (Wildman–Crippen MR) is 104 cm³/mol. The lowest BCUT2D eigenvalue weighted by atomic mass is 10.1. The van der Waals surface area contributed by atoms with Crippen LogP contribution in [-0.2, 0) is 0 Å². The van der Waals surface area contributed by atoms with Gasteiger partial charge in [0.05, 0.1) is 22.9 Å². The Bertz CT molecular complexity index is 1150. The van der Waals surface area contributed by atoms with E-state index in [2.05, 4.69) is 19.6 Å². The van der Waals surface area contributed by atoms with Gasteiger partial charge >= 0.3 is 0 Å². The van der Waals surface area contributed by atoms with Crippen molar-refractivity contribution in [3.63, 3.8) is 0 Å². The Morgan fingerprint density at radius 1 is 0.963 bits per heavy atom. The number of aromatic nitrogens is 3. The number of hydrogen-bond acceptors (Lipinski definition) is 6. The van der Waals surface area contributed by atoms with Crippen molar-refractivity contribution < 1.29 is 10.2 Å². The van der Waals surface area contributed by atoms with Crippen molar-refractivity contribution in [3.05, 3.63) is 48.7 Å². The molecule has 2 aromatic heterocycles. The van der Waals surface area contributed by atoms with Gasteiger partial charge in [-0.15, -0.1) is 0 Å². The molecule has 0 atom stereocenters. The van der Waals surface area contributed by atoms with Crippen molar-refractivity contribution in [3.8, 4) is 22.8 Å². The number of aromatic hydroxyl groups is 2. The molecule has 0 radical (unpaired) electrons. The number of piperazine rings is 1. The Morgan fingerprint density at radius 2 is 1.78 bits per heavy atom. The molecule has 4 aromatic rings. The molecule has 1 aliphatic rings. The first kappa shape index (κ1) is 15.9. The highest BCUT2D eigenvalue weighted by Gasteiger charge is 2.20. The van der Waals surface area contributed by atoms with Gasteiger partial charge in [0, 0.05) is 31.7 Å². The van der Waals surface area contributed by atoms with Gasteiger partial charge in [0.25, 0.3) is 0 Å². The van der Waals surface area contributed by atoms with Crippen molar-refractivity contribution in [2.45, 2.75) is 0 Å². The maximum absolute atomic E-state index is 9.94. The second-order valence-electron chi connectivity index (χ2n) is 6.67. The van der Waals surface area contributed by atoms with Gasteiger partial charge in [-0.1, -0.05) is 12.1 Å². The third kappa shape index (κ3) is 2.55. The van der Waals surface area contributed by atoms with E-state index in [1.807, 2.05) is 24.3 Å². The zero-order chi connectivity index (χ0) is 18.4. The summed E-state index contributed by atoms with van der Waals surface area (Å²) in [5.74, 6) is 0.577. The normalized spacial score (nSPS) is 14.9. The summed E-state index contributed by atoms with van der Waals surface area (Å²) in [5.41, 5.74) is 4.25. The number of rotatable bonds is 2. The summed E-state index contributed by atoms with van der Waals surface area (Å²) in [6.45, 7) is 3.59. The number of imidazole rings is 1. The smallest absolute Gasteiger partial charge is 0.181 e. The Morgan fingerprint density at radius 3 is 2.59 bits per heavy atom. The third-order valence-corrected chi connectivity index (χ3v) is 5.00. The van der Waals surface area contributed by atoms with Gasteiger partial charge in [0.15, 0.2) is 23.0 Å². The van der Waals surface area contributed by atoms with Gasteiger partial charge in [0.2, 0.25) is 0 Å². The summed E-state index contributed by atoms with van der Waals surface area (Å²) in [6.07, 6.45) is 1.79. The summed E-state index contributed by atoms with van der Waals surface area (Å²) in [4.78, 5) is 11.8. The highest BCUT2D eigenvalue weighted by molar-refractivity contribution is 5.86. The minimum absolute atomic E-state index is 0.138. The Labute approximate surface area is 155 Å². The van der Waals surface area contributed by atoms with Crippen molar-refractivity contribution in [2.24, 2.45) is 0 Å². The van der Waals surface area contributed by atoms with E-state index in [0.29, 0.717) is 0 Å². The molecule has 2 aromatic carbocycles. The van der Waals surface area contributed by atoms with Crippen LogP contribution < -0.4 is 10.2 Å². The van der Waals surface area contributed by atoms with Crippen LogP contribution in [0, 0.1) is 0 Å². The molecular formula is C20H19N5O2. The number of phenols is 2. The monoisotopic (exact) mass is 361 g/mol. The fourth-order valence-electron chi connectivity index (χ4n) is 3.64. The van der Waals surface area contributed by atoms with E-state index in [1.165, 1.54) is 6.07 Å². The maximum Gasteiger partial charge on any atom is 0.181 e. The third-order valence-electron chi connectivity index (χ3n) is 5.00. The van der Waals surface area contributed by atoms with Crippen LogP contribution in [0.5, 0.6) is 11.5 Å². The van der Waals surface area contributed by atoms with Gasteiger partial charge < -0.3 is 20.4 Å². The van der Waals surface area contributed by atoms with Crippen molar-refractivity contribution in [1.29, 1.82) is 0 Å². The van der Waals surface area contributed by atoms with Crippen molar-refractivity contribution in [1.82, 2.24) is 19.7 Å². The first-order chi connectivity index (χ1) is 13.2. The Kier molecular flexibility index (Phi) is 3.61. The summed E-state index contributed by atoms with van der Waals surface area (Å²) in [6, 6.07) is 12.8. The molecule has 136 valence electrons. The summed E-state index contributed by atoms with van der Waals surface area (Å²) < 4.78 is 2.07. The molecule has 1 saturated heterocycles. The maximum atomic E-state index is 9.94. The van der Waals surface area contributed by atoms with E-state index in [1.54, 1.807) is 18.3 Å². The van der Waals surface area contributed by atoms with Gasteiger partial charge in [-0.05, 0) is 30.3 Å². The number of anilines is 1. The molecule has 0 spiro atoms. The predicted octanol–water partition coefficient (Wildman–Crippen LogP) is 2.37. The van der Waals surface area contributed by atoms with Gasteiger partial charge in [-0.3, -0.25) is 4.40 Å². The minimum Gasteiger partial charge on any atom is -0.504 e. The number of phenolic OH excluding ortho intramolecular Hbond substituents is 2. The standard InChI is InChI=1S/C20H19N5O2/c26-17-6-5-13(11-18(17)27)16-12-22-19-20(24-9-7-21-8-10-24)23-14-3-1-2-4-15(14)25(16)19/h1-6,11-12,21,26-27H,7-10H2. The lowest BCUT2D eigenvalue weighted by Gasteiger charge is -2.28. The quantitative estimate of drug-likeness (QED) is 0.475. The average Bonchev–Trinajstić information content (AvgIpc) is 3.15. The molecule has 0 unspecified atom stereocenters. The molecule has 3 N–H and O–H groups in total. The fraction of sp³-hybridized carbons (Fsp3) is 0.200. The highest BCUT2D eigenvalue weighted by Crippen LogP contribution is 2.34. The molecule has 0 aliphatic carbocycles. The molecule has 3 heterocycles. The van der Waals surface area contributed by atoms with E-state index in [9.17, 15) is 10.2 Å². The molecule has 7 heteroatoms. The largest absolute Gasteiger partial charge is 0.504 e. The molecule has 1 aliphatic heterocycles. The first-order valence-corrected chi connectivity index (χ1v) is 8.96. The lowest BCUT2D eigenvalue weighted by molar-refractivity contribution is 0.404. The summed E-state index contributed by atoms with van der Waals surface area (Å²) in [5, 5.41) is 22.9. The molecule has 0 saturated carbocycles. The molecule has 5 rings (SSSR count). The van der Waals surface area contributed by atoms with Crippen LogP contribution in [-0.4, -0.2) is 50.8 Å². The number of fused-ring (bicyclic) bond motifs is 3. The topological polar surface area (TPSA) is 85.9 Å². The number of benzene rings is 2. The molecular weight excluding hydrogens is 342 g/mol. The average molecular weight is 361 g/mol. The highest BCUT2D eigenvalue weighted by atomic mass is 16.3. The van der Waals surface area contributed by atoms with Crippen LogP contribution in [0.2, 0.25) is 0 Å². The Balaban J connectivity index is 1.80. The number of nitrogens with zero attached hydrogens (tertiary/aromatic N) is 4. The zero-order valence-corrected chi connectivity index (χ0v) is 14.6. The molecule has 0 bridgehead atoms. The second-order valence-corrected chi connectivity index (χ2v) is 6.67. The Hall–Kier alpha value is -3.32. The number of para-hydroxylation sites is 2. The minimum atomic E-state index is -0.150. The summed E-state index contributed by atoms with van der Waals surface area (Å²) in [7, 11) is 0. The van der Waals surface area contributed by atoms with E-state index in [4.69, 9.17) is 4.98 Å². The SMILES string of the molecule is Oc1ccc(-c2cnc3c(N4CCNCC4)nc4ccccc4n23)cc1O. The summed E-state index contributed by atoms with van der Waals surface area (Å²) >= 11 is 0. The van der Waals surface area contributed by atoms with Crippen LogP contribution in [0.4, 0.5) is 5.82 Å². The molecule has 1 fully saturated rings. The lowest BCUT2D eigenvalue weighted by Crippen LogP contribution is -2.44. The van der Waals surface area contributed by atoms with Gasteiger partial charge in [-0.25, -0.2) is 9.97 Å². The second kappa shape index (κ2) is 6.14. The molecule has 27 heavy (non-hydrogen) atoms. The van der Waals surface area contributed by atoms with E-state index in [-0.39, 0.29) is 11.5 Å². The number of hydrogen-bond donors (Lipinski definition) is 3. The van der Waals surface area contributed by atoms with Crippen LogP contribution in [0.3, 0.4) is 0 Å². The number of nitrogens with one attached hydrogen (secondary N) is 1. The van der Waals surface area contributed by atoms with E-state index in [0.717, 1.165) is 59.9 Å². The fourth-order valence-corrected chi connectivity index (χ4v) is 3.64. The van der Waals surface area contributed by atoms with Crippen molar-refractivity contribution in [2.75, 3.05) is 31.1 Å². The van der Waals surface area contributed by atoms with E-state index >= 15 is 0 Å². The van der Waals surface area contributed by atoms with Gasteiger partial charge in [0.1, 0.15) is 0 Å². The first-order valence-electron chi connectivity index (χ1n) is 8.96. The van der Waals surface area contributed by atoms with Crippen LogP contribution in [0.1, 0.15) is 0 Å². The molecule has 0 amide bonds. The van der Waals surface area contributed by atoms with Gasteiger partial charge in [-0.2, -0.15) is 0 Å². The van der Waals surface area contributed by atoms with E-state index < -0.39 is 0 Å².